The fraction of sp³-hybridized carbons (Fsp3) is 0.167. The molecule has 1 aromatic carbocycles. The first-order chi connectivity index (χ1) is 8.56. The Morgan fingerprint density at radius 1 is 1.33 bits per heavy atom. The molecule has 3 N–H and O–H groups in total. The maximum Gasteiger partial charge on any atom is 0.251 e. The SMILES string of the molecule is Cn1nccc1CNC(=O)c1cc(O)cc(O)c1. The van der Waals surface area contributed by atoms with Gasteiger partial charge in [-0.3, -0.25) is 9.48 Å². The summed E-state index contributed by atoms with van der Waals surface area (Å²) in [6.45, 7) is 0.325. The lowest BCUT2D eigenvalue weighted by Gasteiger charge is -2.06. The number of amides is 1. The number of rotatable bonds is 3. The minimum absolute atomic E-state index is 0.152. The molecule has 0 saturated carbocycles. The summed E-state index contributed by atoms with van der Waals surface area (Å²) >= 11 is 0. The molecule has 0 unspecified atom stereocenters. The minimum Gasteiger partial charge on any atom is -0.508 e. The van der Waals surface area contributed by atoms with E-state index in [1.54, 1.807) is 24.0 Å². The Bertz CT molecular complexity index is 557. The summed E-state index contributed by atoms with van der Waals surface area (Å²) in [5.41, 5.74) is 1.06. The number of phenolic OH excluding ortho intramolecular Hbond substituents is 2. The molecule has 0 aliphatic rings. The highest BCUT2D eigenvalue weighted by Gasteiger charge is 2.09. The first-order valence-electron chi connectivity index (χ1n) is 5.34. The average Bonchev–Trinajstić information content (AvgIpc) is 2.70. The summed E-state index contributed by atoms with van der Waals surface area (Å²) < 4.78 is 1.65. The molecule has 0 fully saturated rings. The molecule has 2 rings (SSSR count). The van der Waals surface area contributed by atoms with Crippen LogP contribution in [0.2, 0.25) is 0 Å². The van der Waals surface area contributed by atoms with Gasteiger partial charge in [0.2, 0.25) is 0 Å². The van der Waals surface area contributed by atoms with Crippen molar-refractivity contribution in [2.45, 2.75) is 6.54 Å². The predicted octanol–water partition coefficient (Wildman–Crippen LogP) is 0.761. The van der Waals surface area contributed by atoms with E-state index < -0.39 is 0 Å². The average molecular weight is 247 g/mol. The van der Waals surface area contributed by atoms with Crippen LogP contribution in [0.3, 0.4) is 0 Å². The van der Waals surface area contributed by atoms with E-state index >= 15 is 0 Å². The van der Waals surface area contributed by atoms with Gasteiger partial charge in [0.25, 0.3) is 5.91 Å². The van der Waals surface area contributed by atoms with Crippen LogP contribution in [0, 0.1) is 0 Å². The Morgan fingerprint density at radius 2 is 2.00 bits per heavy atom. The van der Waals surface area contributed by atoms with Crippen LogP contribution < -0.4 is 5.32 Å². The molecule has 6 nitrogen and oxygen atoms in total. The van der Waals surface area contributed by atoms with Crippen molar-refractivity contribution in [1.82, 2.24) is 15.1 Å². The third-order valence-electron chi connectivity index (χ3n) is 2.52. The van der Waals surface area contributed by atoms with E-state index in [1.807, 2.05) is 0 Å². The Balaban J connectivity index is 2.06. The van der Waals surface area contributed by atoms with Gasteiger partial charge >= 0.3 is 0 Å². The third-order valence-corrected chi connectivity index (χ3v) is 2.52. The summed E-state index contributed by atoms with van der Waals surface area (Å²) in [6.07, 6.45) is 1.64. The van der Waals surface area contributed by atoms with Gasteiger partial charge in [0, 0.05) is 24.9 Å². The van der Waals surface area contributed by atoms with Gasteiger partial charge < -0.3 is 15.5 Å². The Morgan fingerprint density at radius 3 is 2.56 bits per heavy atom. The largest absolute Gasteiger partial charge is 0.508 e. The van der Waals surface area contributed by atoms with Crippen LogP contribution in [0.1, 0.15) is 16.1 Å². The molecule has 0 saturated heterocycles. The van der Waals surface area contributed by atoms with Crippen molar-refractivity contribution in [3.8, 4) is 11.5 Å². The highest BCUT2D eigenvalue weighted by molar-refractivity contribution is 5.94. The van der Waals surface area contributed by atoms with Crippen LogP contribution >= 0.6 is 0 Å². The van der Waals surface area contributed by atoms with Gasteiger partial charge in [0.05, 0.1) is 12.2 Å². The van der Waals surface area contributed by atoms with Crippen molar-refractivity contribution in [2.75, 3.05) is 0 Å². The first kappa shape index (κ1) is 12.0. The number of aryl methyl sites for hydroxylation is 1. The smallest absolute Gasteiger partial charge is 0.251 e. The lowest BCUT2D eigenvalue weighted by Crippen LogP contribution is -2.23. The summed E-state index contributed by atoms with van der Waals surface area (Å²) in [5.74, 6) is -0.677. The maximum atomic E-state index is 11.8. The molecule has 0 bridgehead atoms. The Kier molecular flexibility index (Phi) is 3.18. The van der Waals surface area contributed by atoms with Crippen molar-refractivity contribution in [3.05, 3.63) is 41.7 Å². The fourth-order valence-corrected chi connectivity index (χ4v) is 1.57. The molecule has 0 spiro atoms. The highest BCUT2D eigenvalue weighted by atomic mass is 16.3. The number of nitrogens with zero attached hydrogens (tertiary/aromatic N) is 2. The van der Waals surface area contributed by atoms with E-state index in [0.29, 0.717) is 6.54 Å². The molecule has 1 amide bonds. The summed E-state index contributed by atoms with van der Waals surface area (Å²) in [4.78, 5) is 11.8. The second-order valence-corrected chi connectivity index (χ2v) is 3.87. The van der Waals surface area contributed by atoms with Crippen LogP contribution in [0.15, 0.2) is 30.5 Å². The molecule has 94 valence electrons. The monoisotopic (exact) mass is 247 g/mol. The third kappa shape index (κ3) is 2.60. The van der Waals surface area contributed by atoms with Gasteiger partial charge in [-0.2, -0.15) is 5.10 Å². The molecule has 18 heavy (non-hydrogen) atoms. The lowest BCUT2D eigenvalue weighted by molar-refractivity contribution is 0.0949. The van der Waals surface area contributed by atoms with Gasteiger partial charge in [-0.15, -0.1) is 0 Å². The topological polar surface area (TPSA) is 87.4 Å². The Hall–Kier alpha value is -2.50. The lowest BCUT2D eigenvalue weighted by atomic mass is 10.2. The van der Waals surface area contributed by atoms with E-state index in [-0.39, 0.29) is 23.0 Å². The number of hydrogen-bond acceptors (Lipinski definition) is 4. The highest BCUT2D eigenvalue weighted by Crippen LogP contribution is 2.20. The van der Waals surface area contributed by atoms with Crippen molar-refractivity contribution in [2.24, 2.45) is 7.05 Å². The second-order valence-electron chi connectivity index (χ2n) is 3.87. The number of aromatic hydroxyl groups is 2. The van der Waals surface area contributed by atoms with Gasteiger partial charge in [-0.05, 0) is 18.2 Å². The zero-order chi connectivity index (χ0) is 13.1. The molecule has 0 atom stereocenters. The zero-order valence-corrected chi connectivity index (χ0v) is 9.79. The number of nitrogens with one attached hydrogen (secondary N) is 1. The summed E-state index contributed by atoms with van der Waals surface area (Å²) in [5, 5.41) is 25.2. The van der Waals surface area contributed by atoms with Gasteiger partial charge in [-0.25, -0.2) is 0 Å². The molecule has 1 aromatic heterocycles. The van der Waals surface area contributed by atoms with Crippen molar-refractivity contribution in [1.29, 1.82) is 0 Å². The first-order valence-corrected chi connectivity index (χ1v) is 5.34. The number of hydrogen-bond donors (Lipinski definition) is 3. The number of phenols is 2. The summed E-state index contributed by atoms with van der Waals surface area (Å²) in [6, 6.07) is 5.54. The van der Waals surface area contributed by atoms with Gasteiger partial charge in [-0.1, -0.05) is 0 Å². The predicted molar refractivity (Wildman–Crippen MR) is 64.1 cm³/mol. The van der Waals surface area contributed by atoms with Crippen LogP contribution in [-0.2, 0) is 13.6 Å². The molecule has 1 heterocycles. The molecular formula is C12H13N3O3. The van der Waals surface area contributed by atoms with Crippen LogP contribution in [0.5, 0.6) is 11.5 Å². The molecule has 6 heteroatoms. The van der Waals surface area contributed by atoms with E-state index in [9.17, 15) is 15.0 Å². The number of benzene rings is 1. The molecule has 0 aliphatic carbocycles. The van der Waals surface area contributed by atoms with Crippen molar-refractivity contribution in [3.63, 3.8) is 0 Å². The molecule has 2 aromatic rings. The zero-order valence-electron chi connectivity index (χ0n) is 9.79. The molecule has 0 aliphatic heterocycles. The van der Waals surface area contributed by atoms with Crippen LogP contribution in [0.4, 0.5) is 0 Å². The van der Waals surface area contributed by atoms with E-state index in [1.165, 1.54) is 12.1 Å². The number of carbonyl (C=O) groups is 1. The van der Waals surface area contributed by atoms with Crippen molar-refractivity contribution < 1.29 is 15.0 Å². The van der Waals surface area contributed by atoms with Crippen LogP contribution in [-0.4, -0.2) is 25.9 Å². The number of carbonyl (C=O) groups excluding carboxylic acids is 1. The quantitative estimate of drug-likeness (QED) is 0.747. The second kappa shape index (κ2) is 4.79. The van der Waals surface area contributed by atoms with E-state index in [0.717, 1.165) is 11.8 Å². The van der Waals surface area contributed by atoms with E-state index in [4.69, 9.17) is 0 Å². The number of aromatic nitrogens is 2. The van der Waals surface area contributed by atoms with Gasteiger partial charge in [0.1, 0.15) is 11.5 Å². The van der Waals surface area contributed by atoms with Crippen LogP contribution in [0.25, 0.3) is 0 Å². The fourth-order valence-electron chi connectivity index (χ4n) is 1.57. The minimum atomic E-state index is -0.373. The van der Waals surface area contributed by atoms with E-state index in [2.05, 4.69) is 10.4 Å². The van der Waals surface area contributed by atoms with Crippen molar-refractivity contribution >= 4 is 5.91 Å². The standard InChI is InChI=1S/C12H13N3O3/c1-15-9(2-3-14-15)7-13-12(18)8-4-10(16)6-11(17)5-8/h2-6,16-17H,7H2,1H3,(H,13,18). The molecule has 0 radical (unpaired) electrons. The maximum absolute atomic E-state index is 11.8. The molecular weight excluding hydrogens is 234 g/mol. The van der Waals surface area contributed by atoms with Gasteiger partial charge in [0.15, 0.2) is 0 Å². The Labute approximate surface area is 103 Å². The normalized spacial score (nSPS) is 10.3. The summed E-state index contributed by atoms with van der Waals surface area (Å²) in [7, 11) is 1.78.